The summed E-state index contributed by atoms with van der Waals surface area (Å²) in [5.74, 6) is 0.974. The number of carbonyl (C=O) groups excluding carboxylic acids is 2. The SMILES string of the molecule is CN(C)C[C@@H]1Cc2cc(Cl)ccc2N(C(=O)[C@@H](Cc2c[nH]c3ccccc23)NC(=O)N2CCC(Oc3ccccc3)CC2)C1. The molecule has 6 rings (SSSR count). The zero-order chi connectivity index (χ0) is 30.6. The number of anilines is 1. The van der Waals surface area contributed by atoms with Crippen LogP contribution < -0.4 is 15.0 Å². The molecule has 0 unspecified atom stereocenters. The molecule has 3 heterocycles. The number of H-pyrrole nitrogens is 1. The van der Waals surface area contributed by atoms with E-state index in [-0.39, 0.29) is 24.0 Å². The van der Waals surface area contributed by atoms with Gasteiger partial charge in [0.25, 0.3) is 0 Å². The van der Waals surface area contributed by atoms with Crippen molar-refractivity contribution in [3.8, 4) is 5.75 Å². The van der Waals surface area contributed by atoms with Gasteiger partial charge >= 0.3 is 6.03 Å². The molecule has 0 bridgehead atoms. The number of nitrogens with one attached hydrogen (secondary N) is 2. The number of carbonyl (C=O) groups is 2. The van der Waals surface area contributed by atoms with E-state index in [1.165, 1.54) is 0 Å². The molecule has 3 aromatic carbocycles. The highest BCUT2D eigenvalue weighted by Crippen LogP contribution is 2.33. The summed E-state index contributed by atoms with van der Waals surface area (Å²) in [5.41, 5.74) is 3.92. The number of aromatic amines is 1. The minimum absolute atomic E-state index is 0.0513. The summed E-state index contributed by atoms with van der Waals surface area (Å²) in [6.07, 6.45) is 4.68. The van der Waals surface area contributed by atoms with E-state index in [9.17, 15) is 9.59 Å². The Morgan fingerprint density at radius 2 is 1.80 bits per heavy atom. The fourth-order valence-corrected chi connectivity index (χ4v) is 6.77. The quantitative estimate of drug-likeness (QED) is 0.265. The predicted octanol–water partition coefficient (Wildman–Crippen LogP) is 5.75. The summed E-state index contributed by atoms with van der Waals surface area (Å²) in [6, 6.07) is 22.6. The predicted molar refractivity (Wildman–Crippen MR) is 176 cm³/mol. The van der Waals surface area contributed by atoms with Gasteiger partial charge in [-0.1, -0.05) is 48.0 Å². The fraction of sp³-hybridized carbons (Fsp3) is 0.371. The third kappa shape index (κ3) is 6.87. The maximum Gasteiger partial charge on any atom is 0.318 e. The lowest BCUT2D eigenvalue weighted by Crippen LogP contribution is -2.56. The Kier molecular flexibility index (Phi) is 9.09. The molecule has 4 aromatic rings. The van der Waals surface area contributed by atoms with Crippen molar-refractivity contribution in [2.45, 2.75) is 37.8 Å². The molecule has 1 aromatic heterocycles. The van der Waals surface area contributed by atoms with Crippen molar-refractivity contribution >= 4 is 40.1 Å². The molecule has 2 aliphatic rings. The monoisotopic (exact) mass is 613 g/mol. The lowest BCUT2D eigenvalue weighted by Gasteiger charge is -2.38. The lowest BCUT2D eigenvalue weighted by atomic mass is 9.91. The Morgan fingerprint density at radius 1 is 1.05 bits per heavy atom. The molecule has 2 N–H and O–H groups in total. The molecule has 0 spiro atoms. The minimum atomic E-state index is -0.748. The summed E-state index contributed by atoms with van der Waals surface area (Å²) in [5, 5.41) is 4.86. The van der Waals surface area contributed by atoms with Crippen molar-refractivity contribution in [1.29, 1.82) is 0 Å². The molecule has 0 aliphatic carbocycles. The molecular formula is C35H40ClN5O3. The van der Waals surface area contributed by atoms with Gasteiger partial charge in [0.2, 0.25) is 5.91 Å². The number of halogens is 1. The van der Waals surface area contributed by atoms with Crippen LogP contribution in [0.5, 0.6) is 5.75 Å². The molecule has 8 nitrogen and oxygen atoms in total. The van der Waals surface area contributed by atoms with E-state index in [1.807, 2.05) is 98.0 Å². The second-order valence-electron chi connectivity index (χ2n) is 12.2. The van der Waals surface area contributed by atoms with Crippen LogP contribution in [-0.4, -0.2) is 79.1 Å². The van der Waals surface area contributed by atoms with Crippen LogP contribution in [0.4, 0.5) is 10.5 Å². The van der Waals surface area contributed by atoms with Crippen LogP contribution in [0.25, 0.3) is 10.9 Å². The Bertz CT molecular complexity index is 1600. The number of rotatable bonds is 8. The van der Waals surface area contributed by atoms with E-state index in [0.717, 1.165) is 59.3 Å². The van der Waals surface area contributed by atoms with Crippen LogP contribution in [0.3, 0.4) is 0 Å². The number of piperidine rings is 1. The summed E-state index contributed by atoms with van der Waals surface area (Å²) >= 11 is 6.39. The zero-order valence-corrected chi connectivity index (χ0v) is 26.1. The number of urea groups is 1. The number of hydrogen-bond acceptors (Lipinski definition) is 4. The van der Waals surface area contributed by atoms with E-state index >= 15 is 0 Å². The summed E-state index contributed by atoms with van der Waals surface area (Å²) in [7, 11) is 4.10. The van der Waals surface area contributed by atoms with Gasteiger partial charge in [0, 0.05) is 73.3 Å². The topological polar surface area (TPSA) is 80.9 Å². The maximum atomic E-state index is 14.5. The van der Waals surface area contributed by atoms with Crippen LogP contribution in [0, 0.1) is 5.92 Å². The number of nitrogens with zero attached hydrogens (tertiary/aromatic N) is 3. The van der Waals surface area contributed by atoms with Gasteiger partial charge in [0.1, 0.15) is 17.9 Å². The first-order valence-electron chi connectivity index (χ1n) is 15.4. The van der Waals surface area contributed by atoms with E-state index in [0.29, 0.717) is 31.1 Å². The van der Waals surface area contributed by atoms with Crippen molar-refractivity contribution in [3.05, 3.63) is 95.1 Å². The van der Waals surface area contributed by atoms with Gasteiger partial charge in [-0.25, -0.2) is 4.79 Å². The number of ether oxygens (including phenoxy) is 1. The van der Waals surface area contributed by atoms with E-state index in [2.05, 4.69) is 15.2 Å². The number of amides is 3. The molecule has 44 heavy (non-hydrogen) atoms. The smallest absolute Gasteiger partial charge is 0.318 e. The van der Waals surface area contributed by atoms with Crippen LogP contribution >= 0.6 is 11.6 Å². The second kappa shape index (κ2) is 13.3. The maximum absolute atomic E-state index is 14.5. The van der Waals surface area contributed by atoms with E-state index < -0.39 is 6.04 Å². The normalized spacial score (nSPS) is 17.9. The van der Waals surface area contributed by atoms with E-state index in [4.69, 9.17) is 16.3 Å². The summed E-state index contributed by atoms with van der Waals surface area (Å²) in [4.78, 5) is 37.4. The van der Waals surface area contributed by atoms with Gasteiger partial charge < -0.3 is 29.7 Å². The molecule has 9 heteroatoms. The van der Waals surface area contributed by atoms with E-state index in [1.54, 1.807) is 4.90 Å². The van der Waals surface area contributed by atoms with Crippen LogP contribution in [0.15, 0.2) is 79.0 Å². The standard InChI is InChI=1S/C35H40ClN5O3/c1-39(2)22-24-18-25-19-27(36)12-13-33(25)41(23-24)34(42)32(20-26-21-37-31-11-7-6-10-30(26)31)38-35(43)40-16-14-29(15-17-40)44-28-8-4-3-5-9-28/h3-13,19,21,24,29,32,37H,14-18,20,22-23H2,1-2H3,(H,38,43)/t24-,32+/m0/s1. The number of aromatic nitrogens is 1. The Balaban J connectivity index is 1.22. The molecule has 3 amide bonds. The van der Waals surface area contributed by atoms with Gasteiger partial charge in [-0.05, 0) is 74.0 Å². The Labute approximate surface area is 263 Å². The van der Waals surface area contributed by atoms with Crippen molar-refractivity contribution < 1.29 is 14.3 Å². The first kappa shape index (κ1) is 30.0. The van der Waals surface area contributed by atoms with Gasteiger partial charge in [-0.3, -0.25) is 4.79 Å². The zero-order valence-electron chi connectivity index (χ0n) is 25.3. The number of likely N-dealkylation sites (tertiary alicyclic amines) is 1. The highest BCUT2D eigenvalue weighted by atomic mass is 35.5. The molecule has 1 saturated heterocycles. The van der Waals surface area contributed by atoms with Crippen LogP contribution in [-0.2, 0) is 17.6 Å². The fourth-order valence-electron chi connectivity index (χ4n) is 6.58. The number of fused-ring (bicyclic) bond motifs is 2. The second-order valence-corrected chi connectivity index (χ2v) is 12.7. The highest BCUT2D eigenvalue weighted by molar-refractivity contribution is 6.30. The average molecular weight is 614 g/mol. The van der Waals surface area contributed by atoms with Gasteiger partial charge in [-0.2, -0.15) is 0 Å². The van der Waals surface area contributed by atoms with Crippen LogP contribution in [0.2, 0.25) is 5.02 Å². The first-order chi connectivity index (χ1) is 21.3. The number of hydrogen-bond donors (Lipinski definition) is 2. The third-order valence-corrected chi connectivity index (χ3v) is 8.88. The van der Waals surface area contributed by atoms with Crippen molar-refractivity contribution in [2.24, 2.45) is 5.92 Å². The van der Waals surface area contributed by atoms with Gasteiger partial charge in [0.15, 0.2) is 0 Å². The molecule has 0 saturated carbocycles. The van der Waals surface area contributed by atoms with Gasteiger partial charge in [-0.15, -0.1) is 0 Å². The summed E-state index contributed by atoms with van der Waals surface area (Å²) in [6.45, 7) is 2.55. The molecular weight excluding hydrogens is 574 g/mol. The number of para-hydroxylation sites is 2. The third-order valence-electron chi connectivity index (χ3n) is 8.64. The number of benzene rings is 3. The van der Waals surface area contributed by atoms with Gasteiger partial charge in [0.05, 0.1) is 0 Å². The lowest BCUT2D eigenvalue weighted by molar-refractivity contribution is -0.120. The molecule has 0 radical (unpaired) electrons. The molecule has 2 atom stereocenters. The van der Waals surface area contributed by atoms with Crippen molar-refractivity contribution in [1.82, 2.24) is 20.1 Å². The van der Waals surface area contributed by atoms with Crippen molar-refractivity contribution in [3.63, 3.8) is 0 Å². The summed E-state index contributed by atoms with van der Waals surface area (Å²) < 4.78 is 6.14. The average Bonchev–Trinajstić information content (AvgIpc) is 3.43. The highest BCUT2D eigenvalue weighted by Gasteiger charge is 2.35. The van der Waals surface area contributed by atoms with Crippen molar-refractivity contribution in [2.75, 3.05) is 45.2 Å². The first-order valence-corrected chi connectivity index (χ1v) is 15.8. The minimum Gasteiger partial charge on any atom is -0.490 e. The van der Waals surface area contributed by atoms with Crippen LogP contribution in [0.1, 0.15) is 24.0 Å². The molecule has 230 valence electrons. The molecule has 1 fully saturated rings. The molecule has 2 aliphatic heterocycles. The largest absolute Gasteiger partial charge is 0.490 e. The Morgan fingerprint density at radius 3 is 2.57 bits per heavy atom. The Hall–Kier alpha value is -4.01.